The number of carbonyl (C=O) groups is 2. The Kier molecular flexibility index (Phi) is 3.68. The first-order valence-electron chi connectivity index (χ1n) is 5.16. The van der Waals surface area contributed by atoms with E-state index in [-0.39, 0.29) is 18.4 Å². The first-order chi connectivity index (χ1) is 6.93. The highest BCUT2D eigenvalue weighted by Crippen LogP contribution is 2.11. The zero-order chi connectivity index (χ0) is 11.6. The van der Waals surface area contributed by atoms with Gasteiger partial charge in [0.2, 0.25) is 11.8 Å². The highest BCUT2D eigenvalue weighted by Gasteiger charge is 2.31. The molecule has 1 aliphatic heterocycles. The van der Waals surface area contributed by atoms with Gasteiger partial charge in [-0.1, -0.05) is 0 Å². The van der Waals surface area contributed by atoms with E-state index in [1.165, 1.54) is 4.90 Å². The van der Waals surface area contributed by atoms with Crippen LogP contribution in [0.1, 0.15) is 20.3 Å². The maximum atomic E-state index is 11.7. The number of hydrogen-bond acceptors (Lipinski definition) is 3. The highest BCUT2D eigenvalue weighted by molar-refractivity contribution is 5.89. The van der Waals surface area contributed by atoms with Gasteiger partial charge in [0.25, 0.3) is 0 Å². The van der Waals surface area contributed by atoms with Crippen molar-refractivity contribution >= 4 is 11.8 Å². The van der Waals surface area contributed by atoms with Crippen molar-refractivity contribution in [1.29, 1.82) is 0 Å². The molecule has 0 aromatic heterocycles. The molecule has 2 unspecified atom stereocenters. The molecule has 0 spiro atoms. The number of β-amino-alcohol motifs (C(OH)–C–C–N with tert-alkyl or cyclic N) is 1. The predicted octanol–water partition coefficient (Wildman–Crippen LogP) is -0.554. The number of carbonyl (C=O) groups excluding carboxylic acids is 2. The van der Waals surface area contributed by atoms with E-state index in [0.717, 1.165) is 0 Å². The minimum absolute atomic E-state index is 0.0681. The van der Waals surface area contributed by atoms with E-state index < -0.39 is 12.1 Å². The number of rotatable bonds is 2. The second-order valence-corrected chi connectivity index (χ2v) is 4.08. The average molecular weight is 214 g/mol. The summed E-state index contributed by atoms with van der Waals surface area (Å²) in [6.07, 6.45) is -0.271. The van der Waals surface area contributed by atoms with Gasteiger partial charge in [-0.25, -0.2) is 0 Å². The summed E-state index contributed by atoms with van der Waals surface area (Å²) < 4.78 is 0. The molecule has 0 aromatic carbocycles. The number of aliphatic hydroxyl groups is 1. The molecule has 15 heavy (non-hydrogen) atoms. The SMILES string of the molecule is CC(O)CN1C(=O)CCN(C)C(=O)C1C. The lowest BCUT2D eigenvalue weighted by molar-refractivity contribution is -0.141. The molecule has 5 heteroatoms. The van der Waals surface area contributed by atoms with Crippen molar-refractivity contribution in [1.82, 2.24) is 9.80 Å². The van der Waals surface area contributed by atoms with E-state index >= 15 is 0 Å². The van der Waals surface area contributed by atoms with Crippen LogP contribution in [0.15, 0.2) is 0 Å². The van der Waals surface area contributed by atoms with Crippen LogP contribution in [0.2, 0.25) is 0 Å². The fraction of sp³-hybridized carbons (Fsp3) is 0.800. The zero-order valence-corrected chi connectivity index (χ0v) is 9.43. The van der Waals surface area contributed by atoms with Gasteiger partial charge in [0.15, 0.2) is 0 Å². The minimum atomic E-state index is -0.604. The van der Waals surface area contributed by atoms with Crippen LogP contribution in [0.3, 0.4) is 0 Å². The number of likely N-dealkylation sites (N-methyl/N-ethyl adjacent to an activating group) is 1. The fourth-order valence-corrected chi connectivity index (χ4v) is 1.73. The topological polar surface area (TPSA) is 60.9 Å². The highest BCUT2D eigenvalue weighted by atomic mass is 16.3. The quantitative estimate of drug-likeness (QED) is 0.670. The van der Waals surface area contributed by atoms with Crippen LogP contribution in [0.5, 0.6) is 0 Å². The van der Waals surface area contributed by atoms with Gasteiger partial charge in [-0.3, -0.25) is 9.59 Å². The van der Waals surface area contributed by atoms with Crippen LogP contribution >= 0.6 is 0 Å². The van der Waals surface area contributed by atoms with Gasteiger partial charge < -0.3 is 14.9 Å². The summed E-state index contributed by atoms with van der Waals surface area (Å²) in [5.74, 6) is -0.136. The van der Waals surface area contributed by atoms with Crippen LogP contribution in [-0.4, -0.2) is 59.0 Å². The smallest absolute Gasteiger partial charge is 0.244 e. The molecular weight excluding hydrogens is 196 g/mol. The molecule has 1 rings (SSSR count). The first kappa shape index (κ1) is 12.0. The van der Waals surface area contributed by atoms with E-state index in [4.69, 9.17) is 0 Å². The third-order valence-corrected chi connectivity index (χ3v) is 2.64. The zero-order valence-electron chi connectivity index (χ0n) is 9.43. The minimum Gasteiger partial charge on any atom is -0.392 e. The van der Waals surface area contributed by atoms with Crippen LogP contribution in [0, 0.1) is 0 Å². The van der Waals surface area contributed by atoms with Crippen molar-refractivity contribution in [3.8, 4) is 0 Å². The van der Waals surface area contributed by atoms with Crippen LogP contribution < -0.4 is 0 Å². The van der Waals surface area contributed by atoms with Crippen molar-refractivity contribution in [3.05, 3.63) is 0 Å². The van der Waals surface area contributed by atoms with E-state index in [0.29, 0.717) is 13.0 Å². The Morgan fingerprint density at radius 1 is 1.53 bits per heavy atom. The molecule has 1 fully saturated rings. The standard InChI is InChI=1S/C10H18N2O3/c1-7(13)6-12-8(2)10(15)11(3)5-4-9(12)14/h7-8,13H,4-6H2,1-3H3. The van der Waals surface area contributed by atoms with Crippen molar-refractivity contribution < 1.29 is 14.7 Å². The number of nitrogens with zero attached hydrogens (tertiary/aromatic N) is 2. The molecular formula is C10H18N2O3. The van der Waals surface area contributed by atoms with E-state index in [1.54, 1.807) is 25.8 Å². The molecule has 0 radical (unpaired) electrons. The third kappa shape index (κ3) is 2.68. The van der Waals surface area contributed by atoms with Gasteiger partial charge >= 0.3 is 0 Å². The Balaban J connectivity index is 2.82. The molecule has 0 saturated carbocycles. The van der Waals surface area contributed by atoms with Gasteiger partial charge in [-0.15, -0.1) is 0 Å². The fourth-order valence-electron chi connectivity index (χ4n) is 1.73. The van der Waals surface area contributed by atoms with Crippen molar-refractivity contribution in [2.75, 3.05) is 20.1 Å². The summed E-state index contributed by atoms with van der Waals surface area (Å²) in [5, 5.41) is 9.27. The average Bonchev–Trinajstić information content (AvgIpc) is 2.25. The van der Waals surface area contributed by atoms with Crippen molar-refractivity contribution in [2.45, 2.75) is 32.4 Å². The molecule has 5 nitrogen and oxygen atoms in total. The Labute approximate surface area is 89.7 Å². The van der Waals surface area contributed by atoms with Crippen molar-refractivity contribution in [3.63, 3.8) is 0 Å². The van der Waals surface area contributed by atoms with Crippen LogP contribution in [0.25, 0.3) is 0 Å². The Bertz CT molecular complexity index is 265. The monoisotopic (exact) mass is 214 g/mol. The van der Waals surface area contributed by atoms with Crippen LogP contribution in [0.4, 0.5) is 0 Å². The summed E-state index contributed by atoms with van der Waals surface area (Å²) in [6, 6.07) is -0.473. The molecule has 0 aliphatic carbocycles. The van der Waals surface area contributed by atoms with Gasteiger partial charge in [-0.2, -0.15) is 0 Å². The third-order valence-electron chi connectivity index (χ3n) is 2.64. The van der Waals surface area contributed by atoms with E-state index in [1.807, 2.05) is 0 Å². The van der Waals surface area contributed by atoms with Gasteiger partial charge in [0.1, 0.15) is 6.04 Å². The molecule has 1 aliphatic rings. The summed E-state index contributed by atoms with van der Waals surface area (Å²) in [5.41, 5.74) is 0. The lowest BCUT2D eigenvalue weighted by atomic mass is 10.2. The summed E-state index contributed by atoms with van der Waals surface area (Å²) in [7, 11) is 1.69. The summed E-state index contributed by atoms with van der Waals surface area (Å²) in [6.45, 7) is 3.99. The van der Waals surface area contributed by atoms with Gasteiger partial charge in [0.05, 0.1) is 6.10 Å². The number of hydrogen-bond donors (Lipinski definition) is 1. The maximum absolute atomic E-state index is 11.7. The molecule has 86 valence electrons. The second kappa shape index (κ2) is 4.61. The van der Waals surface area contributed by atoms with E-state index in [2.05, 4.69) is 0 Å². The Hall–Kier alpha value is -1.10. The molecule has 2 atom stereocenters. The predicted molar refractivity (Wildman–Crippen MR) is 55.1 cm³/mol. The first-order valence-corrected chi connectivity index (χ1v) is 5.16. The Morgan fingerprint density at radius 2 is 2.13 bits per heavy atom. The largest absolute Gasteiger partial charge is 0.392 e. The summed E-state index contributed by atoms with van der Waals surface area (Å²) >= 11 is 0. The molecule has 1 saturated heterocycles. The summed E-state index contributed by atoms with van der Waals surface area (Å²) in [4.78, 5) is 26.4. The maximum Gasteiger partial charge on any atom is 0.244 e. The molecule has 1 heterocycles. The number of amides is 2. The lowest BCUT2D eigenvalue weighted by Crippen LogP contribution is -2.47. The molecule has 1 N–H and O–H groups in total. The Morgan fingerprint density at radius 3 is 2.67 bits per heavy atom. The second-order valence-electron chi connectivity index (χ2n) is 4.08. The molecule has 0 aromatic rings. The van der Waals surface area contributed by atoms with Gasteiger partial charge in [-0.05, 0) is 13.8 Å². The lowest BCUT2D eigenvalue weighted by Gasteiger charge is -2.28. The number of aliphatic hydroxyl groups excluding tert-OH is 1. The molecule has 2 amide bonds. The molecule has 0 bridgehead atoms. The van der Waals surface area contributed by atoms with Gasteiger partial charge in [0, 0.05) is 26.6 Å². The normalized spacial score (nSPS) is 25.5. The van der Waals surface area contributed by atoms with Crippen molar-refractivity contribution in [2.24, 2.45) is 0 Å². The van der Waals surface area contributed by atoms with E-state index in [9.17, 15) is 14.7 Å². The van der Waals surface area contributed by atoms with Crippen LogP contribution in [-0.2, 0) is 9.59 Å².